The molecule has 0 spiro atoms. The molecule has 134 valence electrons. The maximum absolute atomic E-state index is 13.5. The van der Waals surface area contributed by atoms with Gasteiger partial charge >= 0.3 is 0 Å². The first-order chi connectivity index (χ1) is 12.0. The summed E-state index contributed by atoms with van der Waals surface area (Å²) >= 11 is 0. The molecule has 0 aromatic heterocycles. The second kappa shape index (κ2) is 8.98. The summed E-state index contributed by atoms with van der Waals surface area (Å²) in [5.74, 6) is -0.855. The van der Waals surface area contributed by atoms with Crippen molar-refractivity contribution in [2.24, 2.45) is 0 Å². The molecule has 0 aliphatic rings. The van der Waals surface area contributed by atoms with Crippen LogP contribution in [0.25, 0.3) is 0 Å². The lowest BCUT2D eigenvalue weighted by Gasteiger charge is -2.10. The molecule has 0 bridgehead atoms. The number of amides is 1. The lowest BCUT2D eigenvalue weighted by Crippen LogP contribution is -2.30. The minimum atomic E-state index is -0.807. The van der Waals surface area contributed by atoms with Crippen LogP contribution in [0.15, 0.2) is 36.4 Å². The highest BCUT2D eigenvalue weighted by Gasteiger charge is 2.11. The van der Waals surface area contributed by atoms with E-state index in [2.05, 4.69) is 10.6 Å². The third-order valence-corrected chi connectivity index (χ3v) is 3.55. The first-order valence-electron chi connectivity index (χ1n) is 7.70. The molecule has 2 rings (SSSR count). The monoisotopic (exact) mass is 350 g/mol. The highest BCUT2D eigenvalue weighted by molar-refractivity contribution is 5.92. The number of carbonyl (C=O) groups is 1. The average molecular weight is 350 g/mol. The molecule has 2 N–H and O–H groups in total. The van der Waals surface area contributed by atoms with Crippen LogP contribution in [0.4, 0.5) is 14.5 Å². The third kappa shape index (κ3) is 5.15. The lowest BCUT2D eigenvalue weighted by molar-refractivity contribution is -0.115. The highest BCUT2D eigenvalue weighted by atomic mass is 19.1. The van der Waals surface area contributed by atoms with Crippen LogP contribution in [0.5, 0.6) is 11.5 Å². The second-order valence-corrected chi connectivity index (χ2v) is 5.26. The van der Waals surface area contributed by atoms with Crippen molar-refractivity contribution in [2.45, 2.75) is 6.42 Å². The van der Waals surface area contributed by atoms with Crippen LogP contribution in [0, 0.1) is 11.6 Å². The van der Waals surface area contributed by atoms with Gasteiger partial charge in [-0.1, -0.05) is 12.1 Å². The van der Waals surface area contributed by atoms with Crippen molar-refractivity contribution in [2.75, 3.05) is 32.6 Å². The quantitative estimate of drug-likeness (QED) is 0.719. The van der Waals surface area contributed by atoms with Gasteiger partial charge in [0.15, 0.2) is 11.5 Å². The molecule has 0 fully saturated rings. The summed E-state index contributed by atoms with van der Waals surface area (Å²) in [5.41, 5.74) is 0.569. The molecule has 2 aromatic rings. The van der Waals surface area contributed by atoms with Gasteiger partial charge in [-0.05, 0) is 42.8 Å². The number of anilines is 1. The predicted molar refractivity (Wildman–Crippen MR) is 91.1 cm³/mol. The number of benzene rings is 2. The number of carbonyl (C=O) groups excluding carboxylic acids is 1. The molecule has 0 radical (unpaired) electrons. The largest absolute Gasteiger partial charge is 0.493 e. The fourth-order valence-corrected chi connectivity index (χ4v) is 2.27. The fourth-order valence-electron chi connectivity index (χ4n) is 2.27. The summed E-state index contributed by atoms with van der Waals surface area (Å²) in [4.78, 5) is 11.8. The van der Waals surface area contributed by atoms with E-state index in [1.807, 2.05) is 18.2 Å². The maximum Gasteiger partial charge on any atom is 0.238 e. The smallest absolute Gasteiger partial charge is 0.238 e. The van der Waals surface area contributed by atoms with Gasteiger partial charge in [-0.3, -0.25) is 4.79 Å². The summed E-state index contributed by atoms with van der Waals surface area (Å²) < 4.78 is 37.3. The van der Waals surface area contributed by atoms with Gasteiger partial charge < -0.3 is 20.1 Å². The van der Waals surface area contributed by atoms with Gasteiger partial charge in [-0.15, -0.1) is 0 Å². The Labute approximate surface area is 144 Å². The SMILES string of the molecule is COc1ccc(CCNCC(=O)Nc2c(F)cccc2F)cc1OC. The van der Waals surface area contributed by atoms with E-state index < -0.39 is 23.2 Å². The van der Waals surface area contributed by atoms with Gasteiger partial charge in [0.25, 0.3) is 0 Å². The van der Waals surface area contributed by atoms with Crippen LogP contribution in [0.1, 0.15) is 5.56 Å². The van der Waals surface area contributed by atoms with E-state index in [-0.39, 0.29) is 6.54 Å². The average Bonchev–Trinajstić information content (AvgIpc) is 2.61. The lowest BCUT2D eigenvalue weighted by atomic mass is 10.1. The molecule has 25 heavy (non-hydrogen) atoms. The number of para-hydroxylation sites is 1. The van der Waals surface area contributed by atoms with E-state index in [4.69, 9.17) is 9.47 Å². The molecule has 0 saturated heterocycles. The van der Waals surface area contributed by atoms with Crippen LogP contribution >= 0.6 is 0 Å². The maximum atomic E-state index is 13.5. The summed E-state index contributed by atoms with van der Waals surface area (Å²) in [5, 5.41) is 5.15. The third-order valence-electron chi connectivity index (χ3n) is 3.55. The van der Waals surface area contributed by atoms with E-state index in [1.54, 1.807) is 14.2 Å². The van der Waals surface area contributed by atoms with Crippen LogP contribution in [-0.2, 0) is 11.2 Å². The van der Waals surface area contributed by atoms with E-state index >= 15 is 0 Å². The van der Waals surface area contributed by atoms with Gasteiger partial charge in [0.2, 0.25) is 5.91 Å². The molecular formula is C18H20F2N2O3. The molecule has 0 aliphatic heterocycles. The van der Waals surface area contributed by atoms with E-state index in [0.29, 0.717) is 24.5 Å². The Kier molecular flexibility index (Phi) is 6.71. The number of rotatable bonds is 8. The first kappa shape index (κ1) is 18.7. The molecule has 1 amide bonds. The molecule has 0 saturated carbocycles. The summed E-state index contributed by atoms with van der Waals surface area (Å²) in [6, 6.07) is 8.98. The van der Waals surface area contributed by atoms with E-state index in [1.165, 1.54) is 6.07 Å². The van der Waals surface area contributed by atoms with Crippen LogP contribution in [0.2, 0.25) is 0 Å². The Morgan fingerprint density at radius 3 is 2.36 bits per heavy atom. The van der Waals surface area contributed by atoms with Gasteiger partial charge in [0.05, 0.1) is 20.8 Å². The summed E-state index contributed by atoms with van der Waals surface area (Å²) in [6.07, 6.45) is 0.654. The van der Waals surface area contributed by atoms with Crippen molar-refractivity contribution in [3.63, 3.8) is 0 Å². The molecular weight excluding hydrogens is 330 g/mol. The van der Waals surface area contributed by atoms with Gasteiger partial charge in [0.1, 0.15) is 17.3 Å². The zero-order chi connectivity index (χ0) is 18.2. The standard InChI is InChI=1S/C18H20F2N2O3/c1-24-15-7-6-12(10-16(15)25-2)8-9-21-11-17(23)22-18-13(19)4-3-5-14(18)20/h3-7,10,21H,8-9,11H2,1-2H3,(H,22,23). The van der Waals surface area contributed by atoms with Crippen molar-refractivity contribution in [1.82, 2.24) is 5.32 Å². The van der Waals surface area contributed by atoms with Crippen LogP contribution < -0.4 is 20.1 Å². The Bertz CT molecular complexity index is 718. The molecule has 2 aromatic carbocycles. The predicted octanol–water partition coefficient (Wildman–Crippen LogP) is 2.75. The van der Waals surface area contributed by atoms with E-state index in [9.17, 15) is 13.6 Å². The van der Waals surface area contributed by atoms with Crippen molar-refractivity contribution >= 4 is 11.6 Å². The Morgan fingerprint density at radius 1 is 1.04 bits per heavy atom. The van der Waals surface area contributed by atoms with Crippen LogP contribution in [-0.4, -0.2) is 33.2 Å². The van der Waals surface area contributed by atoms with E-state index in [0.717, 1.165) is 17.7 Å². The molecule has 7 heteroatoms. The Hall–Kier alpha value is -2.67. The van der Waals surface area contributed by atoms with Crippen molar-refractivity contribution in [3.05, 3.63) is 53.6 Å². The number of nitrogens with one attached hydrogen (secondary N) is 2. The number of hydrogen-bond acceptors (Lipinski definition) is 4. The fraction of sp³-hybridized carbons (Fsp3) is 0.278. The molecule has 0 aliphatic carbocycles. The molecule has 0 unspecified atom stereocenters. The molecule has 0 atom stereocenters. The van der Waals surface area contributed by atoms with Gasteiger partial charge in [-0.2, -0.15) is 0 Å². The first-order valence-corrected chi connectivity index (χ1v) is 7.70. The van der Waals surface area contributed by atoms with Gasteiger partial charge in [0, 0.05) is 0 Å². The zero-order valence-electron chi connectivity index (χ0n) is 14.1. The topological polar surface area (TPSA) is 59.6 Å². The molecule has 5 nitrogen and oxygen atoms in total. The minimum Gasteiger partial charge on any atom is -0.493 e. The number of ether oxygens (including phenoxy) is 2. The number of halogens is 2. The van der Waals surface area contributed by atoms with Crippen molar-refractivity contribution in [3.8, 4) is 11.5 Å². The van der Waals surface area contributed by atoms with Gasteiger partial charge in [-0.25, -0.2) is 8.78 Å². The van der Waals surface area contributed by atoms with Crippen molar-refractivity contribution in [1.29, 1.82) is 0 Å². The zero-order valence-corrected chi connectivity index (χ0v) is 14.1. The number of hydrogen-bond donors (Lipinski definition) is 2. The summed E-state index contributed by atoms with van der Waals surface area (Å²) in [7, 11) is 3.13. The second-order valence-electron chi connectivity index (χ2n) is 5.26. The molecule has 0 heterocycles. The Morgan fingerprint density at radius 2 is 1.72 bits per heavy atom. The number of methoxy groups -OCH3 is 2. The van der Waals surface area contributed by atoms with Crippen molar-refractivity contribution < 1.29 is 23.0 Å². The Balaban J connectivity index is 1.80. The normalized spacial score (nSPS) is 10.4. The highest BCUT2D eigenvalue weighted by Crippen LogP contribution is 2.27. The minimum absolute atomic E-state index is 0.0545. The van der Waals surface area contributed by atoms with Crippen LogP contribution in [0.3, 0.4) is 0 Å². The summed E-state index contributed by atoms with van der Waals surface area (Å²) in [6.45, 7) is 0.462.